The molecule has 202 valence electrons. The number of carbonyl (C=O) groups is 2. The number of aromatic nitrogens is 3. The molecule has 0 saturated carbocycles. The molecule has 2 N–H and O–H groups in total. The van der Waals surface area contributed by atoms with Crippen molar-refractivity contribution in [1.29, 1.82) is 0 Å². The van der Waals surface area contributed by atoms with Crippen LogP contribution < -0.4 is 15.6 Å². The lowest BCUT2D eigenvalue weighted by molar-refractivity contribution is -0.119. The molecular formula is C26H21ClF2N4O6. The second-order valence-corrected chi connectivity index (χ2v) is 8.67. The van der Waals surface area contributed by atoms with E-state index in [0.717, 1.165) is 0 Å². The van der Waals surface area contributed by atoms with Gasteiger partial charge in [-0.25, -0.2) is 4.79 Å². The number of anilines is 1. The first kappa shape index (κ1) is 27.5. The van der Waals surface area contributed by atoms with Crippen LogP contribution in [0.25, 0.3) is 22.6 Å². The molecule has 2 heterocycles. The highest BCUT2D eigenvalue weighted by Gasteiger charge is 2.25. The van der Waals surface area contributed by atoms with Crippen LogP contribution in [0.3, 0.4) is 0 Å². The first-order chi connectivity index (χ1) is 18.6. The summed E-state index contributed by atoms with van der Waals surface area (Å²) in [5.41, 5.74) is 0.661. The third kappa shape index (κ3) is 5.80. The van der Waals surface area contributed by atoms with Gasteiger partial charge in [-0.05, 0) is 54.4 Å². The van der Waals surface area contributed by atoms with Crippen LogP contribution in [-0.4, -0.2) is 38.9 Å². The normalized spacial score (nSPS) is 11.8. The van der Waals surface area contributed by atoms with Gasteiger partial charge in [0.1, 0.15) is 11.8 Å². The number of carbonyl (C=O) groups excluding carboxylic acids is 1. The van der Waals surface area contributed by atoms with E-state index >= 15 is 0 Å². The fourth-order valence-electron chi connectivity index (χ4n) is 3.93. The monoisotopic (exact) mass is 558 g/mol. The van der Waals surface area contributed by atoms with Crippen LogP contribution >= 0.6 is 11.6 Å². The van der Waals surface area contributed by atoms with Crippen molar-refractivity contribution in [1.82, 2.24) is 14.8 Å². The predicted octanol–water partition coefficient (Wildman–Crippen LogP) is 5.45. The number of benzene rings is 2. The number of rotatable bonds is 9. The fourth-order valence-corrected chi connectivity index (χ4v) is 4.10. The molecule has 1 amide bonds. The number of hydrogen-bond acceptors (Lipinski definition) is 7. The molecule has 0 bridgehead atoms. The van der Waals surface area contributed by atoms with Crippen molar-refractivity contribution in [3.8, 4) is 28.3 Å². The van der Waals surface area contributed by atoms with Crippen LogP contribution in [-0.2, 0) is 4.79 Å². The Balaban J connectivity index is 1.73. The molecule has 0 fully saturated rings. The fraction of sp³-hybridized carbons (Fsp3) is 0.192. The van der Waals surface area contributed by atoms with Crippen LogP contribution in [0.4, 0.5) is 14.5 Å². The summed E-state index contributed by atoms with van der Waals surface area (Å²) in [6, 6.07) is 10.4. The lowest BCUT2D eigenvalue weighted by Crippen LogP contribution is -2.32. The second-order valence-electron chi connectivity index (χ2n) is 8.23. The smallest absolute Gasteiger partial charge is 0.335 e. The third-order valence-electron chi connectivity index (χ3n) is 5.82. The van der Waals surface area contributed by atoms with Crippen molar-refractivity contribution in [2.45, 2.75) is 25.8 Å². The van der Waals surface area contributed by atoms with Gasteiger partial charge in [-0.3, -0.25) is 14.2 Å². The average Bonchev–Trinajstić information content (AvgIpc) is 3.40. The maximum Gasteiger partial charge on any atom is 0.335 e. The number of nitrogens with one attached hydrogen (secondary N) is 1. The van der Waals surface area contributed by atoms with Gasteiger partial charge < -0.3 is 19.6 Å². The highest BCUT2D eigenvalue weighted by atomic mass is 35.5. The Kier molecular flexibility index (Phi) is 8.05. The van der Waals surface area contributed by atoms with Gasteiger partial charge in [-0.1, -0.05) is 18.5 Å². The van der Waals surface area contributed by atoms with Crippen LogP contribution in [0.15, 0.2) is 63.9 Å². The molecule has 0 saturated heterocycles. The molecule has 2 aromatic carbocycles. The summed E-state index contributed by atoms with van der Waals surface area (Å²) in [5.74, 6) is -2.49. The summed E-state index contributed by atoms with van der Waals surface area (Å²) in [6.45, 7) is 1.72. The second kappa shape index (κ2) is 11.4. The number of pyridine rings is 1. The van der Waals surface area contributed by atoms with Crippen LogP contribution in [0.1, 0.15) is 42.1 Å². The zero-order valence-electron chi connectivity index (χ0n) is 20.5. The summed E-state index contributed by atoms with van der Waals surface area (Å²) in [6.07, 6.45) is -1.36. The van der Waals surface area contributed by atoms with Gasteiger partial charge >= 0.3 is 12.4 Å². The molecule has 10 nitrogen and oxygen atoms in total. The van der Waals surface area contributed by atoms with E-state index in [1.165, 1.54) is 66.4 Å². The molecule has 0 aliphatic heterocycles. The van der Waals surface area contributed by atoms with E-state index in [1.54, 1.807) is 6.92 Å². The number of alkyl halides is 2. The van der Waals surface area contributed by atoms with E-state index < -0.39 is 35.8 Å². The Morgan fingerprint density at radius 2 is 1.82 bits per heavy atom. The molecule has 4 rings (SSSR count). The first-order valence-electron chi connectivity index (χ1n) is 11.5. The highest BCUT2D eigenvalue weighted by molar-refractivity contribution is 6.31. The molecule has 0 radical (unpaired) electrons. The minimum absolute atomic E-state index is 0.0583. The maximum absolute atomic E-state index is 13.3. The minimum atomic E-state index is -2.97. The van der Waals surface area contributed by atoms with Crippen molar-refractivity contribution >= 4 is 29.2 Å². The molecule has 39 heavy (non-hydrogen) atoms. The summed E-state index contributed by atoms with van der Waals surface area (Å²) >= 11 is 6.20. The number of nitrogens with zero attached hydrogens (tertiary/aromatic N) is 3. The lowest BCUT2D eigenvalue weighted by Gasteiger charge is -2.20. The van der Waals surface area contributed by atoms with Crippen molar-refractivity contribution in [3.05, 3.63) is 81.6 Å². The summed E-state index contributed by atoms with van der Waals surface area (Å²) in [5, 5.41) is 19.1. The van der Waals surface area contributed by atoms with Gasteiger partial charge in [0.25, 0.3) is 11.4 Å². The van der Waals surface area contributed by atoms with E-state index in [2.05, 4.69) is 15.5 Å². The molecule has 1 unspecified atom stereocenters. The van der Waals surface area contributed by atoms with E-state index in [-0.39, 0.29) is 39.8 Å². The number of carboxylic acids is 1. The molecule has 0 spiro atoms. The molecule has 13 heteroatoms. The largest absolute Gasteiger partial charge is 0.495 e. The lowest BCUT2D eigenvalue weighted by atomic mass is 9.99. The molecule has 0 aliphatic carbocycles. The van der Waals surface area contributed by atoms with E-state index in [4.69, 9.17) is 25.9 Å². The summed E-state index contributed by atoms with van der Waals surface area (Å²) < 4.78 is 37.9. The third-order valence-corrected chi connectivity index (χ3v) is 6.05. The van der Waals surface area contributed by atoms with Crippen LogP contribution in [0, 0.1) is 0 Å². The van der Waals surface area contributed by atoms with Crippen molar-refractivity contribution < 1.29 is 32.6 Å². The van der Waals surface area contributed by atoms with Gasteiger partial charge in [0, 0.05) is 27.9 Å². The van der Waals surface area contributed by atoms with Gasteiger partial charge in [0.2, 0.25) is 11.8 Å². The Bertz CT molecular complexity index is 1590. The van der Waals surface area contributed by atoms with Crippen LogP contribution in [0.2, 0.25) is 5.02 Å². The van der Waals surface area contributed by atoms with E-state index in [1.807, 2.05) is 0 Å². The van der Waals surface area contributed by atoms with Crippen molar-refractivity contribution in [3.63, 3.8) is 0 Å². The Labute approximate surface area is 224 Å². The number of aromatic carboxylic acids is 1. The topological polar surface area (TPSA) is 137 Å². The van der Waals surface area contributed by atoms with E-state index in [0.29, 0.717) is 11.3 Å². The number of methoxy groups -OCH3 is 1. The van der Waals surface area contributed by atoms with E-state index in [9.17, 15) is 23.2 Å². The summed E-state index contributed by atoms with van der Waals surface area (Å²) in [4.78, 5) is 37.4. The number of halogens is 3. The van der Waals surface area contributed by atoms with Crippen molar-refractivity contribution in [2.24, 2.45) is 0 Å². The van der Waals surface area contributed by atoms with Crippen LogP contribution in [0.5, 0.6) is 5.75 Å². The molecule has 2 aromatic heterocycles. The quantitative estimate of drug-likeness (QED) is 0.276. The summed E-state index contributed by atoms with van der Waals surface area (Å²) in [7, 11) is 1.37. The molecule has 1 atom stereocenters. The minimum Gasteiger partial charge on any atom is -0.495 e. The highest BCUT2D eigenvalue weighted by Crippen LogP contribution is 2.38. The van der Waals surface area contributed by atoms with Gasteiger partial charge in [0.15, 0.2) is 0 Å². The average molecular weight is 559 g/mol. The SMILES string of the molecule is CCC(C(=O)Nc1ccc(C(=O)O)cc1)n1cc(OC)c(-c2cc(Cl)ccc2-c2nnc(C(F)F)o2)cc1=O. The number of carboxylic acid groups (broad SMARTS) is 1. The standard InChI is InChI=1S/C26H21ClF2N4O6/c1-3-19(23(35)30-15-7-4-13(5-8-15)26(36)37)33-12-20(38-2)18(11-21(33)34)17-10-14(27)6-9-16(17)24-31-32-25(39-24)22(28)29/h4-12,19,22H,3H2,1-2H3,(H,30,35)(H,36,37). The van der Waals surface area contributed by atoms with Gasteiger partial charge in [-0.2, -0.15) is 8.78 Å². The molecular weight excluding hydrogens is 538 g/mol. The Hall–Kier alpha value is -4.58. The zero-order chi connectivity index (χ0) is 28.3. The predicted molar refractivity (Wildman–Crippen MR) is 137 cm³/mol. The number of hydrogen-bond donors (Lipinski definition) is 2. The maximum atomic E-state index is 13.3. The number of amides is 1. The molecule has 4 aromatic rings. The zero-order valence-corrected chi connectivity index (χ0v) is 21.3. The van der Waals surface area contributed by atoms with Crippen molar-refractivity contribution in [2.75, 3.05) is 12.4 Å². The van der Waals surface area contributed by atoms with Gasteiger partial charge in [-0.15, -0.1) is 10.2 Å². The Morgan fingerprint density at radius 3 is 2.41 bits per heavy atom. The Morgan fingerprint density at radius 1 is 1.10 bits per heavy atom. The van der Waals surface area contributed by atoms with Gasteiger partial charge in [0.05, 0.1) is 18.9 Å². The first-order valence-corrected chi connectivity index (χ1v) is 11.9. The number of ether oxygens (including phenoxy) is 1. The molecule has 0 aliphatic rings.